The van der Waals surface area contributed by atoms with Crippen LogP contribution < -0.4 is 10.2 Å². The van der Waals surface area contributed by atoms with Crippen molar-refractivity contribution in [2.45, 2.75) is 6.54 Å². The highest BCUT2D eigenvalue weighted by Crippen LogP contribution is 2.30. The number of hydrogen-bond donors (Lipinski definition) is 1. The van der Waals surface area contributed by atoms with Crippen molar-refractivity contribution in [2.24, 2.45) is 0 Å². The van der Waals surface area contributed by atoms with Crippen LogP contribution in [-0.4, -0.2) is 12.5 Å². The molecule has 1 N–H and O–H groups in total. The lowest BCUT2D eigenvalue weighted by Gasteiger charge is -2.31. The second-order valence-corrected chi connectivity index (χ2v) is 4.92. The van der Waals surface area contributed by atoms with E-state index < -0.39 is 0 Å². The average molecular weight is 309 g/mol. The molecule has 0 saturated heterocycles. The van der Waals surface area contributed by atoms with Crippen LogP contribution in [0.4, 0.5) is 11.4 Å². The van der Waals surface area contributed by atoms with Gasteiger partial charge in [-0.3, -0.25) is 4.79 Å². The van der Waals surface area contributed by atoms with Crippen LogP contribution in [0, 0.1) is 0 Å². The van der Waals surface area contributed by atoms with Gasteiger partial charge in [0.1, 0.15) is 0 Å². The monoisotopic (exact) mass is 308 g/mol. The fraction of sp³-hybridized carbons (Fsp3) is 0.133. The number of anilines is 2. The van der Waals surface area contributed by atoms with Crippen molar-refractivity contribution in [3.63, 3.8) is 0 Å². The van der Waals surface area contributed by atoms with E-state index in [0.717, 1.165) is 22.0 Å². The highest BCUT2D eigenvalue weighted by Gasteiger charge is 2.21. The lowest BCUT2D eigenvalue weighted by atomic mass is 10.1. The summed E-state index contributed by atoms with van der Waals surface area (Å²) < 4.78 is 0. The van der Waals surface area contributed by atoms with Crippen molar-refractivity contribution >= 4 is 41.3 Å². The molecule has 0 saturated carbocycles. The second-order valence-electron chi connectivity index (χ2n) is 4.51. The van der Waals surface area contributed by atoms with E-state index in [4.69, 9.17) is 11.6 Å². The van der Waals surface area contributed by atoms with Gasteiger partial charge in [-0.15, -0.1) is 12.4 Å². The summed E-state index contributed by atoms with van der Waals surface area (Å²) in [5.74, 6) is 0.00533. The normalized spacial score (nSPS) is 13.2. The quantitative estimate of drug-likeness (QED) is 0.917. The Balaban J connectivity index is 0.00000147. The third kappa shape index (κ3) is 2.89. The molecule has 0 fully saturated rings. The molecule has 2 aromatic rings. The van der Waals surface area contributed by atoms with Gasteiger partial charge < -0.3 is 10.2 Å². The Hall–Kier alpha value is -1.71. The van der Waals surface area contributed by atoms with Crippen molar-refractivity contribution in [1.82, 2.24) is 0 Å². The van der Waals surface area contributed by atoms with E-state index >= 15 is 0 Å². The summed E-state index contributed by atoms with van der Waals surface area (Å²) >= 11 is 6.18. The zero-order valence-corrected chi connectivity index (χ0v) is 12.2. The van der Waals surface area contributed by atoms with Crippen LogP contribution in [0.25, 0.3) is 0 Å². The molecular weight excluding hydrogens is 295 g/mol. The van der Waals surface area contributed by atoms with Gasteiger partial charge in [0, 0.05) is 11.6 Å². The summed E-state index contributed by atoms with van der Waals surface area (Å²) in [7, 11) is 0. The van der Waals surface area contributed by atoms with Crippen LogP contribution in [0.3, 0.4) is 0 Å². The van der Waals surface area contributed by atoms with E-state index in [1.807, 2.05) is 53.4 Å². The van der Waals surface area contributed by atoms with Crippen molar-refractivity contribution in [2.75, 3.05) is 16.8 Å². The zero-order valence-electron chi connectivity index (χ0n) is 10.7. The van der Waals surface area contributed by atoms with Gasteiger partial charge in [-0.25, -0.2) is 0 Å². The Labute approximate surface area is 129 Å². The molecule has 0 aliphatic carbocycles. The molecule has 3 nitrogen and oxygen atoms in total. The minimum absolute atomic E-state index is 0. The fourth-order valence-corrected chi connectivity index (χ4v) is 2.47. The molecule has 20 heavy (non-hydrogen) atoms. The Morgan fingerprint density at radius 1 is 1.10 bits per heavy atom. The first-order chi connectivity index (χ1) is 9.24. The Kier molecular flexibility index (Phi) is 4.53. The van der Waals surface area contributed by atoms with E-state index in [9.17, 15) is 4.79 Å². The van der Waals surface area contributed by atoms with E-state index in [2.05, 4.69) is 5.32 Å². The van der Waals surface area contributed by atoms with E-state index in [0.29, 0.717) is 13.1 Å². The predicted octanol–water partition coefficient (Wildman–Crippen LogP) is 3.72. The van der Waals surface area contributed by atoms with Gasteiger partial charge in [-0.05, 0) is 23.8 Å². The number of nitrogens with zero attached hydrogens (tertiary/aromatic N) is 1. The largest absolute Gasteiger partial charge is 0.356 e. The molecule has 1 aliphatic heterocycles. The number of benzene rings is 2. The van der Waals surface area contributed by atoms with Gasteiger partial charge >= 0.3 is 0 Å². The first-order valence-corrected chi connectivity index (χ1v) is 6.49. The van der Waals surface area contributed by atoms with Crippen LogP contribution in [0.5, 0.6) is 0 Å². The molecule has 0 aromatic heterocycles. The van der Waals surface area contributed by atoms with Crippen molar-refractivity contribution in [3.05, 3.63) is 59.1 Å². The highest BCUT2D eigenvalue weighted by atomic mass is 35.5. The molecule has 5 heteroatoms. The van der Waals surface area contributed by atoms with Gasteiger partial charge in [0.15, 0.2) is 0 Å². The maximum Gasteiger partial charge on any atom is 0.243 e. The number of halogens is 2. The third-order valence-electron chi connectivity index (χ3n) is 3.17. The van der Waals surface area contributed by atoms with Crippen molar-refractivity contribution in [3.8, 4) is 0 Å². The number of amides is 1. The van der Waals surface area contributed by atoms with Crippen LogP contribution in [0.1, 0.15) is 5.56 Å². The van der Waals surface area contributed by atoms with Gasteiger partial charge in [0.2, 0.25) is 5.91 Å². The molecule has 3 rings (SSSR count). The maximum atomic E-state index is 11.7. The van der Waals surface area contributed by atoms with Crippen molar-refractivity contribution in [1.29, 1.82) is 0 Å². The van der Waals surface area contributed by atoms with E-state index in [1.165, 1.54) is 0 Å². The molecule has 104 valence electrons. The number of carbonyl (C=O) groups is 1. The minimum Gasteiger partial charge on any atom is -0.356 e. The van der Waals surface area contributed by atoms with Crippen LogP contribution in [-0.2, 0) is 11.3 Å². The fourth-order valence-electron chi connectivity index (χ4n) is 2.28. The molecule has 1 heterocycles. The summed E-state index contributed by atoms with van der Waals surface area (Å²) in [6, 6.07) is 15.5. The summed E-state index contributed by atoms with van der Waals surface area (Å²) in [6.45, 7) is 0.979. The van der Waals surface area contributed by atoms with Gasteiger partial charge in [-0.1, -0.05) is 41.9 Å². The number of carbonyl (C=O) groups excluding carboxylic acids is 1. The average Bonchev–Trinajstić information content (AvgIpc) is 2.41. The molecule has 0 spiro atoms. The van der Waals surface area contributed by atoms with Crippen LogP contribution in [0.2, 0.25) is 5.02 Å². The third-order valence-corrected chi connectivity index (χ3v) is 3.54. The topological polar surface area (TPSA) is 32.3 Å². The van der Waals surface area contributed by atoms with E-state index in [-0.39, 0.29) is 18.3 Å². The summed E-state index contributed by atoms with van der Waals surface area (Å²) in [5, 5.41) is 3.60. The van der Waals surface area contributed by atoms with Crippen LogP contribution >= 0.6 is 24.0 Å². The molecule has 0 atom stereocenters. The van der Waals surface area contributed by atoms with E-state index in [1.54, 1.807) is 0 Å². The summed E-state index contributed by atoms with van der Waals surface area (Å²) in [4.78, 5) is 13.8. The first kappa shape index (κ1) is 14.7. The second kappa shape index (κ2) is 6.16. The van der Waals surface area contributed by atoms with Gasteiger partial charge in [0.05, 0.1) is 17.9 Å². The molecule has 1 amide bonds. The van der Waals surface area contributed by atoms with Crippen molar-refractivity contribution < 1.29 is 4.79 Å². The molecule has 1 aliphatic rings. The Morgan fingerprint density at radius 3 is 2.60 bits per heavy atom. The number of fused-ring (bicyclic) bond motifs is 1. The predicted molar refractivity (Wildman–Crippen MR) is 84.8 cm³/mol. The van der Waals surface area contributed by atoms with Gasteiger partial charge in [-0.2, -0.15) is 0 Å². The summed E-state index contributed by atoms with van der Waals surface area (Å²) in [6.07, 6.45) is 0. The Bertz CT molecular complexity index is 631. The molecule has 0 radical (unpaired) electrons. The standard InChI is InChI=1S/C15H13ClN2O.ClH/c16-12-6-2-1-5-11(12)9-18-10-15(19)17-13-7-3-4-8-14(13)18;/h1-8H,9-10H2,(H,17,19);1H. The number of para-hydroxylation sites is 2. The number of nitrogens with one attached hydrogen (secondary N) is 1. The SMILES string of the molecule is Cl.O=C1CN(Cc2ccccc2Cl)c2ccccc2N1. The molecule has 0 bridgehead atoms. The molecule has 0 unspecified atom stereocenters. The van der Waals surface area contributed by atoms with Crippen LogP contribution in [0.15, 0.2) is 48.5 Å². The van der Waals surface area contributed by atoms with Gasteiger partial charge in [0.25, 0.3) is 0 Å². The molecule has 2 aromatic carbocycles. The minimum atomic E-state index is 0. The first-order valence-electron chi connectivity index (χ1n) is 6.11. The lowest BCUT2D eigenvalue weighted by molar-refractivity contribution is -0.115. The molecular formula is C15H14Cl2N2O. The maximum absolute atomic E-state index is 11.7. The Morgan fingerprint density at radius 2 is 1.80 bits per heavy atom. The lowest BCUT2D eigenvalue weighted by Crippen LogP contribution is -2.37. The summed E-state index contributed by atoms with van der Waals surface area (Å²) in [5.41, 5.74) is 2.90. The zero-order chi connectivity index (χ0) is 13.2. The highest BCUT2D eigenvalue weighted by molar-refractivity contribution is 6.31. The number of rotatable bonds is 2. The smallest absolute Gasteiger partial charge is 0.243 e. The number of hydrogen-bond acceptors (Lipinski definition) is 2.